The lowest BCUT2D eigenvalue weighted by Crippen LogP contribution is -2.43. The lowest BCUT2D eigenvalue weighted by molar-refractivity contribution is -0.00577. The van der Waals surface area contributed by atoms with E-state index in [2.05, 4.69) is 10.1 Å². The molecular weight excluding hydrogens is 310 g/mol. The van der Waals surface area contributed by atoms with Crippen molar-refractivity contribution in [3.8, 4) is 5.75 Å². The molecule has 1 unspecified atom stereocenters. The molecule has 2 aliphatic rings. The van der Waals surface area contributed by atoms with E-state index in [0.717, 1.165) is 24.2 Å². The zero-order valence-electron chi connectivity index (χ0n) is 13.5. The summed E-state index contributed by atoms with van der Waals surface area (Å²) in [5.74, 6) is 1.78. The highest BCUT2D eigenvalue weighted by Crippen LogP contribution is 2.44. The van der Waals surface area contributed by atoms with Gasteiger partial charge in [-0.25, -0.2) is 0 Å². The predicted molar refractivity (Wildman–Crippen MR) is 83.9 cm³/mol. The van der Waals surface area contributed by atoms with Crippen LogP contribution in [0.4, 0.5) is 0 Å². The Labute approximate surface area is 139 Å². The second kappa shape index (κ2) is 6.24. The van der Waals surface area contributed by atoms with Gasteiger partial charge in [0.25, 0.3) is 5.91 Å². The highest BCUT2D eigenvalue weighted by atomic mass is 16.5. The Bertz CT molecular complexity index is 727. The molecular formula is C17H19N3O4. The normalized spacial score (nSPS) is 20.9. The van der Waals surface area contributed by atoms with Gasteiger partial charge in [-0.3, -0.25) is 4.79 Å². The van der Waals surface area contributed by atoms with Crippen molar-refractivity contribution in [3.05, 3.63) is 41.5 Å². The quantitative estimate of drug-likeness (QED) is 0.855. The van der Waals surface area contributed by atoms with Crippen LogP contribution in [0.2, 0.25) is 0 Å². The van der Waals surface area contributed by atoms with Gasteiger partial charge < -0.3 is 18.9 Å². The van der Waals surface area contributed by atoms with Gasteiger partial charge in [0, 0.05) is 12.1 Å². The van der Waals surface area contributed by atoms with Gasteiger partial charge in [0.15, 0.2) is 5.82 Å². The number of morpholine rings is 1. The SMILES string of the molecule is COc1ccc(C(=O)N2CCOCC2c2ncon2)cc1C1CC1. The number of rotatable bonds is 4. The Kier molecular flexibility index (Phi) is 3.93. The average Bonchev–Trinajstić information content (AvgIpc) is 3.34. The molecule has 4 rings (SSSR count). The fourth-order valence-electron chi connectivity index (χ4n) is 3.13. The number of ether oxygens (including phenoxy) is 2. The lowest BCUT2D eigenvalue weighted by atomic mass is 10.0. The van der Waals surface area contributed by atoms with Crippen molar-refractivity contribution < 1.29 is 18.8 Å². The number of carbonyl (C=O) groups excluding carboxylic acids is 1. The fourth-order valence-corrected chi connectivity index (χ4v) is 3.13. The van der Waals surface area contributed by atoms with Gasteiger partial charge in [0.1, 0.15) is 11.8 Å². The van der Waals surface area contributed by atoms with Gasteiger partial charge in [-0.1, -0.05) is 5.16 Å². The molecule has 2 heterocycles. The first-order valence-electron chi connectivity index (χ1n) is 8.11. The van der Waals surface area contributed by atoms with Crippen LogP contribution in [0.1, 0.15) is 46.5 Å². The maximum absolute atomic E-state index is 13.0. The zero-order chi connectivity index (χ0) is 16.5. The Balaban J connectivity index is 1.63. The van der Waals surface area contributed by atoms with Crippen LogP contribution >= 0.6 is 0 Å². The Morgan fingerprint density at radius 1 is 1.38 bits per heavy atom. The van der Waals surface area contributed by atoms with E-state index in [1.807, 2.05) is 18.2 Å². The van der Waals surface area contributed by atoms with E-state index in [0.29, 0.717) is 37.1 Å². The van der Waals surface area contributed by atoms with E-state index in [1.165, 1.54) is 6.39 Å². The van der Waals surface area contributed by atoms with Crippen molar-refractivity contribution in [1.29, 1.82) is 0 Å². The number of methoxy groups -OCH3 is 1. The van der Waals surface area contributed by atoms with Gasteiger partial charge in [-0.15, -0.1) is 0 Å². The van der Waals surface area contributed by atoms with Crippen molar-refractivity contribution >= 4 is 5.91 Å². The Morgan fingerprint density at radius 3 is 2.96 bits per heavy atom. The largest absolute Gasteiger partial charge is 0.496 e. The summed E-state index contributed by atoms with van der Waals surface area (Å²) in [6.07, 6.45) is 3.57. The molecule has 126 valence electrons. The van der Waals surface area contributed by atoms with E-state index in [-0.39, 0.29) is 11.9 Å². The molecule has 1 atom stereocenters. The van der Waals surface area contributed by atoms with E-state index in [4.69, 9.17) is 14.0 Å². The zero-order valence-corrected chi connectivity index (χ0v) is 13.5. The van der Waals surface area contributed by atoms with Crippen LogP contribution in [0, 0.1) is 0 Å². The van der Waals surface area contributed by atoms with Gasteiger partial charge >= 0.3 is 0 Å². The van der Waals surface area contributed by atoms with Crippen LogP contribution in [0.25, 0.3) is 0 Å². The third-order valence-electron chi connectivity index (χ3n) is 4.56. The molecule has 7 nitrogen and oxygen atoms in total. The van der Waals surface area contributed by atoms with E-state index >= 15 is 0 Å². The van der Waals surface area contributed by atoms with Crippen molar-refractivity contribution in [2.24, 2.45) is 0 Å². The lowest BCUT2D eigenvalue weighted by Gasteiger charge is -2.33. The number of benzene rings is 1. The number of nitrogens with zero attached hydrogens (tertiary/aromatic N) is 3. The van der Waals surface area contributed by atoms with Crippen LogP contribution in [-0.2, 0) is 4.74 Å². The molecule has 1 aliphatic carbocycles. The molecule has 1 amide bonds. The second-order valence-electron chi connectivity index (χ2n) is 6.11. The third-order valence-corrected chi connectivity index (χ3v) is 4.56. The summed E-state index contributed by atoms with van der Waals surface area (Å²) in [6, 6.07) is 5.33. The highest BCUT2D eigenvalue weighted by Gasteiger charge is 2.33. The van der Waals surface area contributed by atoms with E-state index in [9.17, 15) is 4.79 Å². The molecule has 0 spiro atoms. The topological polar surface area (TPSA) is 77.7 Å². The van der Waals surface area contributed by atoms with Gasteiger partial charge in [-0.05, 0) is 42.5 Å². The van der Waals surface area contributed by atoms with Gasteiger partial charge in [0.05, 0.1) is 20.3 Å². The molecule has 2 fully saturated rings. The summed E-state index contributed by atoms with van der Waals surface area (Å²) in [4.78, 5) is 18.9. The Hall–Kier alpha value is -2.41. The summed E-state index contributed by atoms with van der Waals surface area (Å²) in [6.45, 7) is 1.38. The third kappa shape index (κ3) is 2.75. The summed E-state index contributed by atoms with van der Waals surface area (Å²) in [5, 5.41) is 3.87. The standard InChI is InChI=1S/C17H19N3O4/c1-22-15-5-4-12(8-13(15)11-2-3-11)17(21)20-6-7-23-9-14(20)16-18-10-24-19-16/h4-5,8,10-11,14H,2-3,6-7,9H2,1H3. The first-order chi connectivity index (χ1) is 11.8. The monoisotopic (exact) mass is 329 g/mol. The summed E-state index contributed by atoms with van der Waals surface area (Å²) >= 11 is 0. The van der Waals surface area contributed by atoms with Crippen molar-refractivity contribution in [2.45, 2.75) is 24.8 Å². The molecule has 1 saturated carbocycles. The summed E-state index contributed by atoms with van der Waals surface area (Å²) < 4.78 is 15.7. The molecule has 7 heteroatoms. The molecule has 1 aromatic carbocycles. The number of hydrogen-bond donors (Lipinski definition) is 0. The highest BCUT2D eigenvalue weighted by molar-refractivity contribution is 5.95. The first kappa shape index (κ1) is 15.1. The molecule has 0 bridgehead atoms. The van der Waals surface area contributed by atoms with E-state index in [1.54, 1.807) is 12.0 Å². The number of carbonyl (C=O) groups is 1. The van der Waals surface area contributed by atoms with Crippen LogP contribution in [-0.4, -0.2) is 47.8 Å². The Morgan fingerprint density at radius 2 is 2.25 bits per heavy atom. The van der Waals surface area contributed by atoms with Gasteiger partial charge in [-0.2, -0.15) is 4.98 Å². The smallest absolute Gasteiger partial charge is 0.254 e. The molecule has 1 aliphatic heterocycles. The second-order valence-corrected chi connectivity index (χ2v) is 6.11. The summed E-state index contributed by atoms with van der Waals surface area (Å²) in [7, 11) is 1.66. The molecule has 24 heavy (non-hydrogen) atoms. The van der Waals surface area contributed by atoms with Crippen LogP contribution in [0.3, 0.4) is 0 Å². The van der Waals surface area contributed by atoms with Crippen molar-refractivity contribution in [2.75, 3.05) is 26.9 Å². The van der Waals surface area contributed by atoms with Crippen molar-refractivity contribution in [1.82, 2.24) is 15.0 Å². The fraction of sp³-hybridized carbons (Fsp3) is 0.471. The van der Waals surface area contributed by atoms with Crippen LogP contribution in [0.15, 0.2) is 29.1 Å². The first-order valence-corrected chi connectivity index (χ1v) is 8.11. The average molecular weight is 329 g/mol. The summed E-state index contributed by atoms with van der Waals surface area (Å²) in [5.41, 5.74) is 1.78. The number of hydrogen-bond acceptors (Lipinski definition) is 6. The van der Waals surface area contributed by atoms with Crippen LogP contribution in [0.5, 0.6) is 5.75 Å². The van der Waals surface area contributed by atoms with Crippen molar-refractivity contribution in [3.63, 3.8) is 0 Å². The maximum Gasteiger partial charge on any atom is 0.254 e. The maximum atomic E-state index is 13.0. The molecule has 1 aromatic heterocycles. The van der Waals surface area contributed by atoms with Gasteiger partial charge in [0.2, 0.25) is 6.39 Å². The minimum absolute atomic E-state index is 0.0438. The number of amides is 1. The predicted octanol–water partition coefficient (Wildman–Crippen LogP) is 2.17. The molecule has 0 N–H and O–H groups in total. The minimum atomic E-state index is -0.323. The number of aromatic nitrogens is 2. The van der Waals surface area contributed by atoms with Crippen LogP contribution < -0.4 is 4.74 Å². The minimum Gasteiger partial charge on any atom is -0.496 e. The molecule has 1 saturated heterocycles. The molecule has 0 radical (unpaired) electrons. The molecule has 2 aromatic rings. The van der Waals surface area contributed by atoms with E-state index < -0.39 is 0 Å².